The highest BCUT2D eigenvalue weighted by atomic mass is 32.1. The van der Waals surface area contributed by atoms with Gasteiger partial charge in [-0.25, -0.2) is 0 Å². The normalized spacial score (nSPS) is 11.7. The van der Waals surface area contributed by atoms with Crippen molar-refractivity contribution < 1.29 is 0 Å². The first-order chi connectivity index (χ1) is 29.3. The molecule has 2 heterocycles. The Balaban J connectivity index is 1.14. The fraction of sp³-hybridized carbons (Fsp3) is 0. The van der Waals surface area contributed by atoms with Crippen molar-refractivity contribution in [2.45, 2.75) is 0 Å². The van der Waals surface area contributed by atoms with Gasteiger partial charge >= 0.3 is 0 Å². The maximum Gasteiger partial charge on any atom is 0.0641 e. The average molecular weight is 786 g/mol. The fourth-order valence-electron chi connectivity index (χ4n) is 9.03. The molecule has 0 saturated carbocycles. The second kappa shape index (κ2) is 13.8. The summed E-state index contributed by atoms with van der Waals surface area (Å²) < 4.78 is 5.18. The van der Waals surface area contributed by atoms with Gasteiger partial charge in [0.25, 0.3) is 0 Å². The Bertz CT molecular complexity index is 3540. The molecule has 0 amide bonds. The summed E-state index contributed by atoms with van der Waals surface area (Å²) in [5.74, 6) is 0. The second-order valence-electron chi connectivity index (χ2n) is 15.2. The quantitative estimate of drug-likeness (QED) is 0.162. The number of anilines is 3. The molecule has 0 fully saturated rings. The molecule has 276 valence electrons. The van der Waals surface area contributed by atoms with Crippen LogP contribution in [0.15, 0.2) is 212 Å². The van der Waals surface area contributed by atoms with E-state index >= 15 is 0 Å². The largest absolute Gasteiger partial charge is 0.308 e. The Morgan fingerprint density at radius 3 is 1.69 bits per heavy atom. The van der Waals surface area contributed by atoms with E-state index in [0.717, 1.165) is 5.69 Å². The van der Waals surface area contributed by atoms with Crippen molar-refractivity contribution in [2.24, 2.45) is 0 Å². The molecule has 0 aliphatic rings. The molecule has 3 heteroatoms. The summed E-state index contributed by atoms with van der Waals surface area (Å²) in [7, 11) is 0. The summed E-state index contributed by atoms with van der Waals surface area (Å²) >= 11 is 3.82. The van der Waals surface area contributed by atoms with Crippen molar-refractivity contribution in [3.63, 3.8) is 0 Å². The van der Waals surface area contributed by atoms with Crippen LogP contribution in [0.25, 0.3) is 95.3 Å². The smallest absolute Gasteiger partial charge is 0.0641 e. The maximum atomic E-state index is 2.53. The summed E-state index contributed by atoms with van der Waals surface area (Å²) in [6.45, 7) is 0. The SMILES string of the molecule is c1ccc(-c2cccc3c2sc2c(N(c4ccc(-c5ccc6ccccc6c5)cc4)c4cccc5c4sc4c6ccccc6ccc54)ccc(-c4ccccc4)c23)cc1. The first kappa shape index (κ1) is 34.0. The Kier molecular flexibility index (Phi) is 7.97. The third kappa shape index (κ3) is 5.58. The number of nitrogens with zero attached hydrogens (tertiary/aromatic N) is 1. The van der Waals surface area contributed by atoms with E-state index in [0.29, 0.717) is 0 Å². The van der Waals surface area contributed by atoms with Crippen LogP contribution in [0, 0.1) is 0 Å². The Morgan fingerprint density at radius 2 is 0.881 bits per heavy atom. The number of hydrogen-bond acceptors (Lipinski definition) is 3. The molecule has 0 radical (unpaired) electrons. The van der Waals surface area contributed by atoms with Crippen LogP contribution >= 0.6 is 22.7 Å². The number of thiophene rings is 2. The van der Waals surface area contributed by atoms with Crippen molar-refractivity contribution in [3.05, 3.63) is 212 Å². The third-order valence-electron chi connectivity index (χ3n) is 11.9. The van der Waals surface area contributed by atoms with E-state index in [1.165, 1.54) is 107 Å². The highest BCUT2D eigenvalue weighted by molar-refractivity contribution is 7.27. The molecule has 59 heavy (non-hydrogen) atoms. The minimum absolute atomic E-state index is 1.12. The lowest BCUT2D eigenvalue weighted by molar-refractivity contribution is 1.32. The van der Waals surface area contributed by atoms with Gasteiger partial charge in [0.05, 0.1) is 20.8 Å². The lowest BCUT2D eigenvalue weighted by Gasteiger charge is -2.27. The molecule has 0 aliphatic heterocycles. The highest BCUT2D eigenvalue weighted by Gasteiger charge is 2.24. The Labute approximate surface area is 350 Å². The van der Waals surface area contributed by atoms with Crippen LogP contribution in [0.2, 0.25) is 0 Å². The van der Waals surface area contributed by atoms with E-state index in [-0.39, 0.29) is 0 Å². The van der Waals surface area contributed by atoms with E-state index in [1.807, 2.05) is 22.7 Å². The summed E-state index contributed by atoms with van der Waals surface area (Å²) in [6.07, 6.45) is 0. The van der Waals surface area contributed by atoms with Crippen LogP contribution in [0.1, 0.15) is 0 Å². The first-order valence-electron chi connectivity index (χ1n) is 20.1. The third-order valence-corrected chi connectivity index (χ3v) is 14.4. The van der Waals surface area contributed by atoms with Gasteiger partial charge in [0.15, 0.2) is 0 Å². The zero-order valence-corrected chi connectivity index (χ0v) is 33.6. The molecule has 12 rings (SSSR count). The number of benzene rings is 10. The molecular weight excluding hydrogens is 751 g/mol. The lowest BCUT2D eigenvalue weighted by atomic mass is 9.96. The zero-order chi connectivity index (χ0) is 38.9. The molecule has 0 bridgehead atoms. The van der Waals surface area contributed by atoms with Crippen LogP contribution in [0.5, 0.6) is 0 Å². The van der Waals surface area contributed by atoms with Crippen molar-refractivity contribution in [1.82, 2.24) is 0 Å². The topological polar surface area (TPSA) is 3.24 Å². The van der Waals surface area contributed by atoms with Crippen molar-refractivity contribution in [3.8, 4) is 33.4 Å². The number of fused-ring (bicyclic) bond motifs is 9. The summed E-state index contributed by atoms with van der Waals surface area (Å²) in [4.78, 5) is 2.53. The molecule has 0 spiro atoms. The summed E-state index contributed by atoms with van der Waals surface area (Å²) in [6, 6.07) is 78.0. The maximum absolute atomic E-state index is 2.53. The molecule has 12 aromatic rings. The van der Waals surface area contributed by atoms with Gasteiger partial charge in [0, 0.05) is 36.6 Å². The van der Waals surface area contributed by atoms with Gasteiger partial charge in [-0.2, -0.15) is 0 Å². The Hall–Kier alpha value is -7.04. The first-order valence-corrected chi connectivity index (χ1v) is 21.7. The number of hydrogen-bond donors (Lipinski definition) is 0. The molecule has 0 saturated heterocycles. The lowest BCUT2D eigenvalue weighted by Crippen LogP contribution is -2.10. The van der Waals surface area contributed by atoms with E-state index in [1.54, 1.807) is 0 Å². The van der Waals surface area contributed by atoms with E-state index in [9.17, 15) is 0 Å². The van der Waals surface area contributed by atoms with E-state index < -0.39 is 0 Å². The standard InChI is InChI=1S/C56H35NS2/c1-3-14-38(15-4-1)44-33-34-51(56-52(44)49-23-11-21-46(54(49)59-56)39-16-5-2-6-17-39)57(43-30-27-37(28-31-43)42-26-25-36-13-7-8-19-41(36)35-42)50-24-12-22-47-48-32-29-40-18-9-10-20-45(40)53(48)58-55(47)50/h1-35H. The van der Waals surface area contributed by atoms with Gasteiger partial charge in [-0.05, 0) is 85.3 Å². The van der Waals surface area contributed by atoms with Gasteiger partial charge in [-0.15, -0.1) is 22.7 Å². The Morgan fingerprint density at radius 1 is 0.288 bits per heavy atom. The van der Waals surface area contributed by atoms with Gasteiger partial charge in [-0.3, -0.25) is 0 Å². The van der Waals surface area contributed by atoms with Crippen LogP contribution in [0.4, 0.5) is 17.1 Å². The van der Waals surface area contributed by atoms with E-state index in [2.05, 4.69) is 217 Å². The summed E-state index contributed by atoms with van der Waals surface area (Å²) in [5.41, 5.74) is 10.9. The van der Waals surface area contributed by atoms with Crippen molar-refractivity contribution in [1.29, 1.82) is 0 Å². The molecule has 0 aliphatic carbocycles. The molecule has 0 N–H and O–H groups in total. The minimum Gasteiger partial charge on any atom is -0.308 e. The fourth-order valence-corrected chi connectivity index (χ4v) is 11.7. The second-order valence-corrected chi connectivity index (χ2v) is 17.3. The van der Waals surface area contributed by atoms with Crippen molar-refractivity contribution in [2.75, 3.05) is 4.90 Å². The van der Waals surface area contributed by atoms with Crippen molar-refractivity contribution >= 4 is 102 Å². The number of rotatable bonds is 6. The molecular formula is C56H35NS2. The van der Waals surface area contributed by atoms with Gasteiger partial charge in [0.2, 0.25) is 0 Å². The van der Waals surface area contributed by atoms with Gasteiger partial charge < -0.3 is 4.90 Å². The molecule has 1 nitrogen and oxygen atoms in total. The average Bonchev–Trinajstić information content (AvgIpc) is 3.90. The molecule has 0 atom stereocenters. The highest BCUT2D eigenvalue weighted by Crippen LogP contribution is 2.52. The zero-order valence-electron chi connectivity index (χ0n) is 32.0. The predicted molar refractivity (Wildman–Crippen MR) is 258 cm³/mol. The van der Waals surface area contributed by atoms with Gasteiger partial charge in [0.1, 0.15) is 0 Å². The molecule has 10 aromatic carbocycles. The van der Waals surface area contributed by atoms with Crippen LogP contribution in [0.3, 0.4) is 0 Å². The van der Waals surface area contributed by atoms with Crippen LogP contribution < -0.4 is 4.90 Å². The van der Waals surface area contributed by atoms with Gasteiger partial charge in [-0.1, -0.05) is 182 Å². The summed E-state index contributed by atoms with van der Waals surface area (Å²) in [5, 5.41) is 10.2. The van der Waals surface area contributed by atoms with Crippen LogP contribution in [-0.2, 0) is 0 Å². The minimum atomic E-state index is 1.12. The van der Waals surface area contributed by atoms with Crippen LogP contribution in [-0.4, -0.2) is 0 Å². The predicted octanol–water partition coefficient (Wildman–Crippen LogP) is 17.2. The monoisotopic (exact) mass is 785 g/mol. The molecule has 2 aromatic heterocycles. The molecule has 0 unspecified atom stereocenters. The van der Waals surface area contributed by atoms with E-state index in [4.69, 9.17) is 0 Å².